The van der Waals surface area contributed by atoms with Crippen molar-refractivity contribution in [3.05, 3.63) is 58.4 Å². The molecule has 2 heterocycles. The van der Waals surface area contributed by atoms with E-state index in [-0.39, 0.29) is 5.56 Å². The lowest BCUT2D eigenvalue weighted by Crippen LogP contribution is -2.11. The van der Waals surface area contributed by atoms with Crippen molar-refractivity contribution in [1.82, 2.24) is 14.5 Å². The summed E-state index contributed by atoms with van der Waals surface area (Å²) in [5.41, 5.74) is 6.24. The summed E-state index contributed by atoms with van der Waals surface area (Å²) in [6, 6.07) is 5.13. The van der Waals surface area contributed by atoms with Gasteiger partial charge in [0, 0.05) is 23.9 Å². The summed E-state index contributed by atoms with van der Waals surface area (Å²) in [4.78, 5) is 20.7. The molecule has 0 bridgehead atoms. The number of carbonyl (C=O) groups is 1. The molecule has 4 rings (SSSR count). The predicted octanol–water partition coefficient (Wildman–Crippen LogP) is 5.26. The van der Waals surface area contributed by atoms with Crippen LogP contribution in [-0.4, -0.2) is 32.7 Å². The lowest BCUT2D eigenvalue weighted by Gasteiger charge is -2.16. The molecule has 0 radical (unpaired) electrons. The molecule has 7 heteroatoms. The maximum Gasteiger partial charge on any atom is 0.335 e. The number of imidazole rings is 1. The zero-order valence-corrected chi connectivity index (χ0v) is 18.9. The molecule has 0 fully saturated rings. The first-order valence-corrected chi connectivity index (χ1v) is 11.1. The summed E-state index contributed by atoms with van der Waals surface area (Å²) in [5, 5.41) is 12.8. The SMILES string of the molecule is COc1c(C)cnc(CNc2nc3cc(C(=O)O)ccc3n2CCC2=CCCCC2)c1C. The second kappa shape index (κ2) is 9.42. The number of nitrogens with zero attached hydrogens (tertiary/aromatic N) is 3. The highest BCUT2D eigenvalue weighted by molar-refractivity contribution is 5.93. The quantitative estimate of drug-likeness (QED) is 0.470. The fourth-order valence-corrected chi connectivity index (χ4v) is 4.42. The van der Waals surface area contributed by atoms with E-state index in [2.05, 4.69) is 20.9 Å². The zero-order chi connectivity index (χ0) is 22.7. The van der Waals surface area contributed by atoms with Gasteiger partial charge in [0.15, 0.2) is 0 Å². The Bertz CT molecular complexity index is 1180. The van der Waals surface area contributed by atoms with Crippen LogP contribution in [0.4, 0.5) is 5.95 Å². The van der Waals surface area contributed by atoms with Gasteiger partial charge in [0.25, 0.3) is 0 Å². The van der Waals surface area contributed by atoms with Gasteiger partial charge >= 0.3 is 5.97 Å². The Morgan fingerprint density at radius 3 is 2.84 bits per heavy atom. The Labute approximate surface area is 188 Å². The third-order valence-corrected chi connectivity index (χ3v) is 6.20. The van der Waals surface area contributed by atoms with Gasteiger partial charge in [-0.25, -0.2) is 9.78 Å². The van der Waals surface area contributed by atoms with Gasteiger partial charge in [0.2, 0.25) is 5.95 Å². The van der Waals surface area contributed by atoms with E-state index in [0.717, 1.165) is 59.8 Å². The number of hydrogen-bond donors (Lipinski definition) is 2. The van der Waals surface area contributed by atoms with Crippen LogP contribution in [-0.2, 0) is 13.1 Å². The van der Waals surface area contributed by atoms with Crippen LogP contribution in [0.1, 0.15) is 59.3 Å². The molecule has 32 heavy (non-hydrogen) atoms. The minimum absolute atomic E-state index is 0.240. The Kier molecular flexibility index (Phi) is 6.44. The van der Waals surface area contributed by atoms with Gasteiger partial charge in [-0.3, -0.25) is 4.98 Å². The molecule has 2 N–H and O–H groups in total. The van der Waals surface area contributed by atoms with Gasteiger partial charge in [0.05, 0.1) is 35.9 Å². The molecule has 0 amide bonds. The number of carboxylic acids is 1. The molecule has 0 aliphatic heterocycles. The fourth-order valence-electron chi connectivity index (χ4n) is 4.42. The molecule has 0 unspecified atom stereocenters. The number of pyridine rings is 1. The van der Waals surface area contributed by atoms with Crippen molar-refractivity contribution in [2.24, 2.45) is 0 Å². The van der Waals surface area contributed by atoms with Crippen molar-refractivity contribution in [2.75, 3.05) is 12.4 Å². The molecule has 168 valence electrons. The van der Waals surface area contributed by atoms with E-state index in [0.29, 0.717) is 12.1 Å². The van der Waals surface area contributed by atoms with Crippen LogP contribution in [0.5, 0.6) is 5.75 Å². The number of nitrogens with one attached hydrogen (secondary N) is 1. The van der Waals surface area contributed by atoms with Crippen molar-refractivity contribution < 1.29 is 14.6 Å². The van der Waals surface area contributed by atoms with Gasteiger partial charge in [-0.05, 0) is 64.2 Å². The largest absolute Gasteiger partial charge is 0.496 e. The average Bonchev–Trinajstić information content (AvgIpc) is 3.14. The number of anilines is 1. The number of allylic oxidation sites excluding steroid dienone is 2. The second-order valence-corrected chi connectivity index (χ2v) is 8.35. The minimum Gasteiger partial charge on any atom is -0.496 e. The third-order valence-electron chi connectivity index (χ3n) is 6.20. The highest BCUT2D eigenvalue weighted by Gasteiger charge is 2.16. The van der Waals surface area contributed by atoms with Crippen LogP contribution >= 0.6 is 0 Å². The zero-order valence-electron chi connectivity index (χ0n) is 18.9. The normalized spacial score (nSPS) is 13.8. The standard InChI is InChI=1S/C25H30N4O3/c1-16-14-26-21(17(2)23(16)32-3)15-27-25-28-20-13-19(24(30)31)9-10-22(20)29(25)12-11-18-7-5-4-6-8-18/h7,9-10,13-14H,4-6,8,11-12,15H2,1-3H3,(H,27,28)(H,30,31). The Hall–Kier alpha value is -3.35. The Morgan fingerprint density at radius 2 is 2.12 bits per heavy atom. The first-order chi connectivity index (χ1) is 15.5. The highest BCUT2D eigenvalue weighted by atomic mass is 16.5. The molecule has 0 spiro atoms. The number of hydrogen-bond acceptors (Lipinski definition) is 5. The number of ether oxygens (including phenoxy) is 1. The maximum absolute atomic E-state index is 11.4. The molecule has 0 saturated heterocycles. The van der Waals surface area contributed by atoms with Gasteiger partial charge in [0.1, 0.15) is 5.75 Å². The van der Waals surface area contributed by atoms with Crippen LogP contribution in [0, 0.1) is 13.8 Å². The van der Waals surface area contributed by atoms with Crippen molar-refractivity contribution >= 4 is 23.0 Å². The topological polar surface area (TPSA) is 89.3 Å². The van der Waals surface area contributed by atoms with Crippen molar-refractivity contribution in [1.29, 1.82) is 0 Å². The van der Waals surface area contributed by atoms with Gasteiger partial charge in [-0.15, -0.1) is 0 Å². The summed E-state index contributed by atoms with van der Waals surface area (Å²) < 4.78 is 7.68. The summed E-state index contributed by atoms with van der Waals surface area (Å²) in [6.07, 6.45) is 10.00. The number of aromatic nitrogens is 3. The van der Waals surface area contributed by atoms with E-state index >= 15 is 0 Å². The fraction of sp³-hybridized carbons (Fsp3) is 0.400. The number of aromatic carboxylic acids is 1. The lowest BCUT2D eigenvalue weighted by atomic mass is 9.97. The Balaban J connectivity index is 1.64. The number of aryl methyl sites for hydroxylation is 2. The molecule has 7 nitrogen and oxygen atoms in total. The Morgan fingerprint density at radius 1 is 1.28 bits per heavy atom. The van der Waals surface area contributed by atoms with Crippen LogP contribution in [0.3, 0.4) is 0 Å². The molecular weight excluding hydrogens is 404 g/mol. The average molecular weight is 435 g/mol. The van der Waals surface area contributed by atoms with Gasteiger partial charge in [-0.2, -0.15) is 0 Å². The lowest BCUT2D eigenvalue weighted by molar-refractivity contribution is 0.0697. The molecule has 0 saturated carbocycles. The number of carboxylic acid groups (broad SMARTS) is 1. The molecule has 1 aliphatic rings. The molecule has 1 aromatic carbocycles. The van der Waals surface area contributed by atoms with Crippen LogP contribution in [0.15, 0.2) is 36.0 Å². The number of methoxy groups -OCH3 is 1. The molecule has 2 aromatic heterocycles. The second-order valence-electron chi connectivity index (χ2n) is 8.35. The van der Waals surface area contributed by atoms with E-state index in [9.17, 15) is 9.90 Å². The van der Waals surface area contributed by atoms with E-state index in [1.54, 1.807) is 19.2 Å². The van der Waals surface area contributed by atoms with Crippen LogP contribution < -0.4 is 10.1 Å². The summed E-state index contributed by atoms with van der Waals surface area (Å²) in [5.74, 6) is 0.621. The molecule has 0 atom stereocenters. The molecule has 1 aliphatic carbocycles. The maximum atomic E-state index is 11.4. The third kappa shape index (κ3) is 4.47. The van der Waals surface area contributed by atoms with E-state index in [1.807, 2.05) is 26.1 Å². The minimum atomic E-state index is -0.949. The monoisotopic (exact) mass is 434 g/mol. The number of rotatable bonds is 8. The molecule has 3 aromatic rings. The van der Waals surface area contributed by atoms with E-state index in [4.69, 9.17) is 9.72 Å². The summed E-state index contributed by atoms with van der Waals surface area (Å²) >= 11 is 0. The predicted molar refractivity (Wildman–Crippen MR) is 125 cm³/mol. The molecular formula is C25H30N4O3. The van der Waals surface area contributed by atoms with Crippen LogP contribution in [0.2, 0.25) is 0 Å². The van der Waals surface area contributed by atoms with Crippen LogP contribution in [0.25, 0.3) is 11.0 Å². The van der Waals surface area contributed by atoms with Crippen molar-refractivity contribution in [2.45, 2.75) is 59.0 Å². The van der Waals surface area contributed by atoms with E-state index < -0.39 is 5.97 Å². The van der Waals surface area contributed by atoms with Gasteiger partial charge < -0.3 is 19.7 Å². The summed E-state index contributed by atoms with van der Waals surface area (Å²) in [6.45, 7) is 5.28. The van der Waals surface area contributed by atoms with Crippen molar-refractivity contribution in [3.8, 4) is 5.75 Å². The smallest absolute Gasteiger partial charge is 0.335 e. The highest BCUT2D eigenvalue weighted by Crippen LogP contribution is 2.27. The summed E-state index contributed by atoms with van der Waals surface area (Å²) in [7, 11) is 1.67. The number of benzene rings is 1. The van der Waals surface area contributed by atoms with Crippen molar-refractivity contribution in [3.63, 3.8) is 0 Å². The number of fused-ring (bicyclic) bond motifs is 1. The van der Waals surface area contributed by atoms with Gasteiger partial charge in [-0.1, -0.05) is 11.6 Å². The van der Waals surface area contributed by atoms with E-state index in [1.165, 1.54) is 18.4 Å². The first-order valence-electron chi connectivity index (χ1n) is 11.1. The first kappa shape index (κ1) is 21.9.